The van der Waals surface area contributed by atoms with Gasteiger partial charge in [0, 0.05) is 31.7 Å². The average Bonchev–Trinajstić information content (AvgIpc) is 3.06. The maximum Gasteiger partial charge on any atom is 0.416 e. The lowest BCUT2D eigenvalue weighted by atomic mass is 9.84. The minimum absolute atomic E-state index is 0. The Bertz CT molecular complexity index is 589. The molecule has 5 nitrogen and oxygen atoms in total. The van der Waals surface area contributed by atoms with E-state index in [0.29, 0.717) is 44.2 Å². The third-order valence-corrected chi connectivity index (χ3v) is 4.50. The molecule has 1 aromatic rings. The third-order valence-electron chi connectivity index (χ3n) is 4.50. The summed E-state index contributed by atoms with van der Waals surface area (Å²) in [6, 6.07) is 5.01. The average molecular weight is 501 g/mol. The van der Waals surface area contributed by atoms with Crippen LogP contribution in [0.5, 0.6) is 0 Å². The minimum atomic E-state index is -4.33. The Morgan fingerprint density at radius 2 is 1.96 bits per heavy atom. The maximum absolute atomic E-state index is 12.6. The number of guanidine groups is 1. The van der Waals surface area contributed by atoms with Crippen molar-refractivity contribution in [1.29, 1.82) is 0 Å². The van der Waals surface area contributed by atoms with Crippen LogP contribution in [0, 0.1) is 5.41 Å². The van der Waals surface area contributed by atoms with Crippen molar-refractivity contribution in [1.82, 2.24) is 10.6 Å². The van der Waals surface area contributed by atoms with Crippen LogP contribution in [0.2, 0.25) is 0 Å². The van der Waals surface area contributed by atoms with Crippen LogP contribution in [0.25, 0.3) is 0 Å². The van der Waals surface area contributed by atoms with Gasteiger partial charge in [-0.1, -0.05) is 12.1 Å². The van der Waals surface area contributed by atoms with Crippen LogP contribution < -0.4 is 10.6 Å². The molecule has 1 aromatic carbocycles. The molecule has 1 unspecified atom stereocenters. The SMILES string of the molecule is CCNC(=NCc1ccc(C(F)(F)F)cc1)NCC1(CCO)CCOC1.I. The fraction of sp³-hybridized carbons (Fsp3) is 0.611. The van der Waals surface area contributed by atoms with Gasteiger partial charge in [0.05, 0.1) is 18.7 Å². The molecule has 1 aliphatic rings. The highest BCUT2D eigenvalue weighted by atomic mass is 127. The molecule has 27 heavy (non-hydrogen) atoms. The van der Waals surface area contributed by atoms with Crippen molar-refractivity contribution in [2.24, 2.45) is 10.4 Å². The first-order chi connectivity index (χ1) is 12.4. The summed E-state index contributed by atoms with van der Waals surface area (Å²) in [7, 11) is 0. The van der Waals surface area contributed by atoms with Gasteiger partial charge in [-0.3, -0.25) is 0 Å². The summed E-state index contributed by atoms with van der Waals surface area (Å²) >= 11 is 0. The number of nitrogens with zero attached hydrogens (tertiary/aromatic N) is 1. The number of rotatable bonds is 7. The molecule has 0 saturated carbocycles. The van der Waals surface area contributed by atoms with Crippen LogP contribution in [0.3, 0.4) is 0 Å². The van der Waals surface area contributed by atoms with Crippen molar-refractivity contribution in [2.75, 3.05) is 32.9 Å². The molecule has 0 bridgehead atoms. The smallest absolute Gasteiger partial charge is 0.396 e. The molecule has 3 N–H and O–H groups in total. The van der Waals surface area contributed by atoms with Gasteiger partial charge in [-0.25, -0.2) is 4.99 Å². The summed E-state index contributed by atoms with van der Waals surface area (Å²) in [5.41, 5.74) is -0.0776. The number of hydrogen-bond donors (Lipinski definition) is 3. The van der Waals surface area contributed by atoms with Crippen LogP contribution in [-0.2, 0) is 17.5 Å². The summed E-state index contributed by atoms with van der Waals surface area (Å²) in [4.78, 5) is 4.44. The van der Waals surface area contributed by atoms with Gasteiger partial charge in [0.25, 0.3) is 0 Å². The molecule has 1 aliphatic heterocycles. The number of alkyl halides is 3. The van der Waals surface area contributed by atoms with E-state index >= 15 is 0 Å². The Morgan fingerprint density at radius 3 is 2.48 bits per heavy atom. The van der Waals surface area contributed by atoms with E-state index in [-0.39, 0.29) is 42.5 Å². The number of ether oxygens (including phenoxy) is 1. The molecule has 9 heteroatoms. The van der Waals surface area contributed by atoms with Crippen LogP contribution in [-0.4, -0.2) is 44.0 Å². The molecular weight excluding hydrogens is 474 g/mol. The number of aliphatic hydroxyl groups is 1. The molecule has 0 aromatic heterocycles. The van der Waals surface area contributed by atoms with Crippen molar-refractivity contribution >= 4 is 29.9 Å². The Morgan fingerprint density at radius 1 is 1.26 bits per heavy atom. The van der Waals surface area contributed by atoms with E-state index in [1.54, 1.807) is 0 Å². The fourth-order valence-corrected chi connectivity index (χ4v) is 2.89. The molecule has 0 spiro atoms. The second-order valence-electron chi connectivity index (χ2n) is 6.52. The topological polar surface area (TPSA) is 65.9 Å². The van der Waals surface area contributed by atoms with Crippen LogP contribution in [0.15, 0.2) is 29.3 Å². The van der Waals surface area contributed by atoms with E-state index in [2.05, 4.69) is 15.6 Å². The van der Waals surface area contributed by atoms with Gasteiger partial charge < -0.3 is 20.5 Å². The molecule has 0 radical (unpaired) electrons. The summed E-state index contributed by atoms with van der Waals surface area (Å²) in [6.45, 7) is 4.88. The van der Waals surface area contributed by atoms with Gasteiger partial charge in [-0.15, -0.1) is 24.0 Å². The van der Waals surface area contributed by atoms with Crippen molar-refractivity contribution in [3.05, 3.63) is 35.4 Å². The van der Waals surface area contributed by atoms with Crippen molar-refractivity contribution < 1.29 is 23.0 Å². The first-order valence-electron chi connectivity index (χ1n) is 8.75. The summed E-state index contributed by atoms with van der Waals surface area (Å²) < 4.78 is 43.3. The Kier molecular flexibility index (Phi) is 9.82. The predicted octanol–water partition coefficient (Wildman–Crippen LogP) is 3.17. The zero-order valence-corrected chi connectivity index (χ0v) is 17.6. The van der Waals surface area contributed by atoms with Gasteiger partial charge in [-0.2, -0.15) is 13.2 Å². The number of halogens is 4. The molecule has 154 valence electrons. The van der Waals surface area contributed by atoms with E-state index in [1.165, 1.54) is 12.1 Å². The van der Waals surface area contributed by atoms with Crippen molar-refractivity contribution in [3.8, 4) is 0 Å². The van der Waals surface area contributed by atoms with E-state index in [9.17, 15) is 18.3 Å². The lowest BCUT2D eigenvalue weighted by Gasteiger charge is -2.27. The summed E-state index contributed by atoms with van der Waals surface area (Å²) in [6.07, 6.45) is -2.81. The maximum atomic E-state index is 12.6. The number of aliphatic hydroxyl groups excluding tert-OH is 1. The van der Waals surface area contributed by atoms with E-state index in [4.69, 9.17) is 4.74 Å². The van der Waals surface area contributed by atoms with E-state index in [1.807, 2.05) is 6.92 Å². The second-order valence-corrected chi connectivity index (χ2v) is 6.52. The number of aliphatic imine (C=N–C) groups is 1. The van der Waals surface area contributed by atoms with Gasteiger partial charge in [-0.05, 0) is 37.5 Å². The van der Waals surface area contributed by atoms with Crippen molar-refractivity contribution in [2.45, 2.75) is 32.5 Å². The lowest BCUT2D eigenvalue weighted by Crippen LogP contribution is -2.44. The number of hydrogen-bond acceptors (Lipinski definition) is 3. The quantitative estimate of drug-likeness (QED) is 0.305. The normalized spacial score (nSPS) is 20.3. The standard InChI is InChI=1S/C18H26F3N3O2.HI/c1-2-22-16(24-12-17(7-9-25)8-10-26-13-17)23-11-14-3-5-15(6-4-14)18(19,20)21;/h3-6,25H,2,7-13H2,1H3,(H2,22,23,24);1H. The first kappa shape index (κ1) is 24.0. The van der Waals surface area contributed by atoms with Gasteiger partial charge >= 0.3 is 6.18 Å². The Balaban J connectivity index is 0.00000364. The molecule has 1 atom stereocenters. The molecule has 2 rings (SSSR count). The molecular formula is C18H27F3IN3O2. The monoisotopic (exact) mass is 501 g/mol. The Hall–Kier alpha value is -1.07. The highest BCUT2D eigenvalue weighted by Gasteiger charge is 2.34. The zero-order valence-electron chi connectivity index (χ0n) is 15.3. The van der Waals surface area contributed by atoms with Crippen LogP contribution in [0.1, 0.15) is 30.9 Å². The second kappa shape index (κ2) is 11.1. The van der Waals surface area contributed by atoms with Gasteiger partial charge in [0.1, 0.15) is 0 Å². The molecule has 1 saturated heterocycles. The van der Waals surface area contributed by atoms with Gasteiger partial charge in [0.2, 0.25) is 0 Å². The van der Waals surface area contributed by atoms with Crippen molar-refractivity contribution in [3.63, 3.8) is 0 Å². The van der Waals surface area contributed by atoms with E-state index in [0.717, 1.165) is 18.6 Å². The van der Waals surface area contributed by atoms with Crippen LogP contribution >= 0.6 is 24.0 Å². The van der Waals surface area contributed by atoms with Gasteiger partial charge in [0.15, 0.2) is 5.96 Å². The third kappa shape index (κ3) is 7.46. The lowest BCUT2D eigenvalue weighted by molar-refractivity contribution is -0.137. The highest BCUT2D eigenvalue weighted by molar-refractivity contribution is 14.0. The largest absolute Gasteiger partial charge is 0.416 e. The van der Waals surface area contributed by atoms with E-state index < -0.39 is 11.7 Å². The number of benzene rings is 1. The summed E-state index contributed by atoms with van der Waals surface area (Å²) in [5.74, 6) is 0.594. The first-order valence-corrected chi connectivity index (χ1v) is 8.75. The minimum Gasteiger partial charge on any atom is -0.396 e. The fourth-order valence-electron chi connectivity index (χ4n) is 2.89. The summed E-state index contributed by atoms with van der Waals surface area (Å²) in [5, 5.41) is 15.7. The molecule has 0 aliphatic carbocycles. The highest BCUT2D eigenvalue weighted by Crippen LogP contribution is 2.31. The number of nitrogens with one attached hydrogen (secondary N) is 2. The molecule has 0 amide bonds. The Labute approximate surface area is 174 Å². The van der Waals surface area contributed by atoms with Crippen LogP contribution in [0.4, 0.5) is 13.2 Å². The zero-order chi connectivity index (χ0) is 19.0. The molecule has 1 heterocycles. The predicted molar refractivity (Wildman–Crippen MR) is 109 cm³/mol. The molecule has 1 fully saturated rings.